The van der Waals surface area contributed by atoms with E-state index in [1.54, 1.807) is 0 Å². The summed E-state index contributed by atoms with van der Waals surface area (Å²) in [6.07, 6.45) is 0. The summed E-state index contributed by atoms with van der Waals surface area (Å²) in [6.45, 7) is 19.5. The first-order valence-corrected chi connectivity index (χ1v) is 7.68. The van der Waals surface area contributed by atoms with E-state index in [0.29, 0.717) is 0 Å². The quantitative estimate of drug-likeness (QED) is 0.724. The average Bonchev–Trinajstić information content (AvgIpc) is 2.33. The van der Waals surface area contributed by atoms with E-state index in [2.05, 4.69) is 73.6 Å². The molecule has 0 spiro atoms. The zero-order valence-corrected chi connectivity index (χ0v) is 14.5. The number of hydroxylamine groups is 2. The monoisotopic (exact) mass is 277 g/mol. The van der Waals surface area contributed by atoms with Crippen LogP contribution in [0, 0.1) is 0 Å². The van der Waals surface area contributed by atoms with Gasteiger partial charge in [0.05, 0.1) is 0 Å². The molecule has 0 radical (unpaired) electrons. The van der Waals surface area contributed by atoms with Gasteiger partial charge in [0.1, 0.15) is 0 Å². The Morgan fingerprint density at radius 3 is 1.55 bits per heavy atom. The third-order valence-corrected chi connectivity index (χ3v) is 3.56. The van der Waals surface area contributed by atoms with E-state index in [4.69, 9.17) is 4.84 Å². The molecule has 1 aromatic carbocycles. The lowest BCUT2D eigenvalue weighted by atomic mass is 9.79. The van der Waals surface area contributed by atoms with Gasteiger partial charge in [-0.05, 0) is 24.7 Å². The number of hydrogen-bond donors (Lipinski definition) is 0. The van der Waals surface area contributed by atoms with E-state index in [1.807, 2.05) is 5.06 Å². The molecule has 0 fully saturated rings. The zero-order chi connectivity index (χ0) is 15.6. The number of para-hydroxylation sites is 1. The summed E-state index contributed by atoms with van der Waals surface area (Å²) in [5.41, 5.74) is 2.70. The maximum Gasteiger partial charge on any atom is 0.154 e. The van der Waals surface area contributed by atoms with Crippen LogP contribution in [-0.4, -0.2) is 18.2 Å². The van der Waals surface area contributed by atoms with E-state index in [1.165, 1.54) is 11.1 Å². The van der Waals surface area contributed by atoms with Crippen LogP contribution in [-0.2, 0) is 10.8 Å². The van der Waals surface area contributed by atoms with E-state index in [-0.39, 0.29) is 10.8 Å². The maximum atomic E-state index is 6.26. The van der Waals surface area contributed by atoms with Gasteiger partial charge in [0.15, 0.2) is 5.75 Å². The van der Waals surface area contributed by atoms with Gasteiger partial charge < -0.3 is 4.84 Å². The van der Waals surface area contributed by atoms with Gasteiger partial charge in [-0.25, -0.2) is 0 Å². The van der Waals surface area contributed by atoms with Crippen molar-refractivity contribution in [3.63, 3.8) is 0 Å². The smallest absolute Gasteiger partial charge is 0.154 e. The third-order valence-electron chi connectivity index (χ3n) is 3.56. The molecule has 1 aromatic rings. The molecular weight excluding hydrogens is 246 g/mol. The summed E-state index contributed by atoms with van der Waals surface area (Å²) in [6, 6.07) is 6.53. The Hall–Kier alpha value is -1.02. The van der Waals surface area contributed by atoms with Crippen molar-refractivity contribution >= 4 is 0 Å². The summed E-state index contributed by atoms with van der Waals surface area (Å²) in [4.78, 5) is 6.26. The first kappa shape index (κ1) is 17.0. The molecule has 0 atom stereocenters. The van der Waals surface area contributed by atoms with Crippen molar-refractivity contribution in [1.29, 1.82) is 0 Å². The maximum absolute atomic E-state index is 6.26. The zero-order valence-electron chi connectivity index (χ0n) is 14.5. The third kappa shape index (κ3) is 3.99. The Morgan fingerprint density at radius 2 is 1.25 bits per heavy atom. The van der Waals surface area contributed by atoms with Crippen LogP contribution in [0.25, 0.3) is 0 Å². The van der Waals surface area contributed by atoms with Gasteiger partial charge in [0, 0.05) is 24.2 Å². The highest BCUT2D eigenvalue weighted by Gasteiger charge is 2.27. The molecule has 2 nitrogen and oxygen atoms in total. The summed E-state index contributed by atoms with van der Waals surface area (Å²) >= 11 is 0. The lowest BCUT2D eigenvalue weighted by Crippen LogP contribution is -2.30. The molecule has 0 bridgehead atoms. The van der Waals surface area contributed by atoms with Crippen molar-refractivity contribution in [2.45, 2.75) is 66.2 Å². The molecule has 0 N–H and O–H groups in total. The highest BCUT2D eigenvalue weighted by Crippen LogP contribution is 2.39. The Bertz CT molecular complexity index is 401. The first-order chi connectivity index (χ1) is 9.11. The largest absolute Gasteiger partial charge is 0.405 e. The Kier molecular flexibility index (Phi) is 5.26. The Balaban J connectivity index is 3.40. The summed E-state index contributed by atoms with van der Waals surface area (Å²) in [7, 11) is 0. The van der Waals surface area contributed by atoms with Crippen LogP contribution in [0.3, 0.4) is 0 Å². The molecule has 0 saturated heterocycles. The van der Waals surface area contributed by atoms with Gasteiger partial charge in [-0.3, -0.25) is 0 Å². The van der Waals surface area contributed by atoms with Gasteiger partial charge in [0.25, 0.3) is 0 Å². The van der Waals surface area contributed by atoms with Crippen molar-refractivity contribution in [3.8, 4) is 5.75 Å². The summed E-state index contributed by atoms with van der Waals surface area (Å²) in [5, 5.41) is 2.01. The molecule has 2 heteroatoms. The standard InChI is InChI=1S/C18H31NO/c1-9-19(10-2)20-16-14(17(3,4)5)12-11-13-15(16)18(6,7)8/h11-13H,9-10H2,1-8H3. The Labute approximate surface area is 125 Å². The molecule has 0 aliphatic heterocycles. The van der Waals surface area contributed by atoms with Crippen LogP contribution in [0.15, 0.2) is 18.2 Å². The molecule has 20 heavy (non-hydrogen) atoms. The number of nitrogens with zero attached hydrogens (tertiary/aromatic N) is 1. The molecule has 114 valence electrons. The molecule has 1 rings (SSSR count). The van der Waals surface area contributed by atoms with Crippen molar-refractivity contribution in [2.24, 2.45) is 0 Å². The number of rotatable bonds is 4. The molecular formula is C18H31NO. The van der Waals surface area contributed by atoms with E-state index >= 15 is 0 Å². The highest BCUT2D eigenvalue weighted by atomic mass is 16.7. The molecule has 0 aliphatic rings. The van der Waals surface area contributed by atoms with Crippen LogP contribution >= 0.6 is 0 Å². The van der Waals surface area contributed by atoms with Crippen LogP contribution < -0.4 is 4.84 Å². The van der Waals surface area contributed by atoms with Crippen molar-refractivity contribution in [1.82, 2.24) is 5.06 Å². The highest BCUT2D eigenvalue weighted by molar-refractivity contribution is 5.48. The lowest BCUT2D eigenvalue weighted by molar-refractivity contribution is -0.0516. The van der Waals surface area contributed by atoms with E-state index in [0.717, 1.165) is 18.8 Å². The van der Waals surface area contributed by atoms with Gasteiger partial charge in [-0.2, -0.15) is 0 Å². The van der Waals surface area contributed by atoms with E-state index < -0.39 is 0 Å². The van der Waals surface area contributed by atoms with Crippen LogP contribution in [0.5, 0.6) is 5.75 Å². The van der Waals surface area contributed by atoms with Crippen molar-refractivity contribution in [3.05, 3.63) is 29.3 Å². The second-order valence-corrected chi connectivity index (χ2v) is 7.39. The topological polar surface area (TPSA) is 12.5 Å². The van der Waals surface area contributed by atoms with Gasteiger partial charge in [-0.1, -0.05) is 59.7 Å². The van der Waals surface area contributed by atoms with Gasteiger partial charge in [0.2, 0.25) is 0 Å². The van der Waals surface area contributed by atoms with Crippen LogP contribution in [0.4, 0.5) is 0 Å². The SMILES string of the molecule is CCN(CC)Oc1c(C(C)(C)C)cccc1C(C)(C)C. The first-order valence-electron chi connectivity index (χ1n) is 7.68. The van der Waals surface area contributed by atoms with Crippen molar-refractivity contribution < 1.29 is 4.84 Å². The van der Waals surface area contributed by atoms with Crippen LogP contribution in [0.2, 0.25) is 0 Å². The van der Waals surface area contributed by atoms with Crippen LogP contribution in [0.1, 0.15) is 66.5 Å². The fraction of sp³-hybridized carbons (Fsp3) is 0.667. The minimum Gasteiger partial charge on any atom is -0.405 e. The molecule has 0 amide bonds. The normalized spacial score (nSPS) is 12.8. The second kappa shape index (κ2) is 6.17. The molecule has 0 saturated carbocycles. The van der Waals surface area contributed by atoms with E-state index in [9.17, 15) is 0 Å². The Morgan fingerprint density at radius 1 is 0.850 bits per heavy atom. The molecule has 0 heterocycles. The minimum absolute atomic E-state index is 0.0732. The minimum atomic E-state index is 0.0732. The summed E-state index contributed by atoms with van der Waals surface area (Å²) < 4.78 is 0. The number of benzene rings is 1. The lowest BCUT2D eigenvalue weighted by Gasteiger charge is -2.31. The predicted molar refractivity (Wildman–Crippen MR) is 87.4 cm³/mol. The van der Waals surface area contributed by atoms with Gasteiger partial charge >= 0.3 is 0 Å². The average molecular weight is 277 g/mol. The molecule has 0 aromatic heterocycles. The fourth-order valence-electron chi connectivity index (χ4n) is 2.30. The summed E-state index contributed by atoms with van der Waals surface area (Å²) in [5.74, 6) is 1.04. The van der Waals surface area contributed by atoms with Crippen molar-refractivity contribution in [2.75, 3.05) is 13.1 Å². The van der Waals surface area contributed by atoms with Gasteiger partial charge in [-0.15, -0.1) is 5.06 Å². The number of hydrogen-bond acceptors (Lipinski definition) is 2. The molecule has 0 aliphatic carbocycles. The fourth-order valence-corrected chi connectivity index (χ4v) is 2.30. The molecule has 0 unspecified atom stereocenters. The predicted octanol–water partition coefficient (Wildman–Crippen LogP) is 4.92. The second-order valence-electron chi connectivity index (χ2n) is 7.39.